The van der Waals surface area contributed by atoms with Gasteiger partial charge in [-0.15, -0.1) is 0 Å². The van der Waals surface area contributed by atoms with Crippen LogP contribution in [0.5, 0.6) is 0 Å². The van der Waals surface area contributed by atoms with E-state index in [-0.39, 0.29) is 0 Å². The zero-order chi connectivity index (χ0) is 12.7. The number of anilines is 1. The molecule has 0 aliphatic heterocycles. The second-order valence-corrected chi connectivity index (χ2v) is 4.54. The number of hydrogen-bond donors (Lipinski definition) is 1. The quantitative estimate of drug-likeness (QED) is 0.743. The van der Waals surface area contributed by atoms with Crippen molar-refractivity contribution in [2.45, 2.75) is 0 Å². The van der Waals surface area contributed by atoms with Crippen LogP contribution in [0.15, 0.2) is 36.5 Å². The van der Waals surface area contributed by atoms with E-state index in [1.54, 1.807) is 35.0 Å². The maximum atomic E-state index is 6.18. The molecular formula is C12H8Cl2N4. The fourth-order valence-corrected chi connectivity index (χ4v) is 2.42. The van der Waals surface area contributed by atoms with Crippen LogP contribution < -0.4 is 5.73 Å². The number of aromatic nitrogens is 3. The molecule has 3 rings (SSSR count). The average Bonchev–Trinajstić information content (AvgIpc) is 2.66. The van der Waals surface area contributed by atoms with Gasteiger partial charge in [-0.2, -0.15) is 0 Å². The van der Waals surface area contributed by atoms with Crippen molar-refractivity contribution in [1.82, 2.24) is 14.5 Å². The van der Waals surface area contributed by atoms with E-state index in [9.17, 15) is 0 Å². The van der Waals surface area contributed by atoms with Crippen molar-refractivity contribution in [3.63, 3.8) is 0 Å². The highest BCUT2D eigenvalue weighted by molar-refractivity contribution is 6.37. The Bertz CT molecular complexity index is 716. The molecule has 0 saturated carbocycles. The zero-order valence-electron chi connectivity index (χ0n) is 9.14. The molecule has 0 radical (unpaired) electrons. The van der Waals surface area contributed by atoms with Gasteiger partial charge in [-0.25, -0.2) is 9.97 Å². The van der Waals surface area contributed by atoms with Crippen LogP contribution in [0.4, 0.5) is 5.95 Å². The van der Waals surface area contributed by atoms with Crippen molar-refractivity contribution in [2.24, 2.45) is 0 Å². The van der Waals surface area contributed by atoms with Gasteiger partial charge in [-0.05, 0) is 24.3 Å². The van der Waals surface area contributed by atoms with Gasteiger partial charge in [0.2, 0.25) is 5.95 Å². The largest absolute Gasteiger partial charge is 0.369 e. The van der Waals surface area contributed by atoms with Crippen LogP contribution in [0.2, 0.25) is 10.0 Å². The summed E-state index contributed by atoms with van der Waals surface area (Å²) < 4.78 is 1.65. The van der Waals surface area contributed by atoms with Crippen LogP contribution in [0.3, 0.4) is 0 Å². The number of fused-ring (bicyclic) bond motifs is 1. The molecule has 2 N–H and O–H groups in total. The lowest BCUT2D eigenvalue weighted by Crippen LogP contribution is -2.02. The molecule has 2 aromatic heterocycles. The Morgan fingerprint density at radius 3 is 2.50 bits per heavy atom. The topological polar surface area (TPSA) is 56.7 Å². The number of pyridine rings is 1. The second-order valence-electron chi connectivity index (χ2n) is 3.72. The van der Waals surface area contributed by atoms with Gasteiger partial charge in [0.05, 0.1) is 15.7 Å². The van der Waals surface area contributed by atoms with E-state index in [1.165, 1.54) is 0 Å². The number of para-hydroxylation sites is 1. The number of halogens is 2. The first-order chi connectivity index (χ1) is 8.68. The third kappa shape index (κ3) is 1.62. The van der Waals surface area contributed by atoms with E-state index in [4.69, 9.17) is 28.9 Å². The molecule has 0 aliphatic carbocycles. The molecule has 4 nitrogen and oxygen atoms in total. The number of hydrogen-bond acceptors (Lipinski definition) is 3. The molecule has 3 aromatic rings. The lowest BCUT2D eigenvalue weighted by atomic mass is 10.3. The fraction of sp³-hybridized carbons (Fsp3) is 0. The van der Waals surface area contributed by atoms with E-state index in [0.29, 0.717) is 32.8 Å². The van der Waals surface area contributed by atoms with Crippen LogP contribution in [-0.4, -0.2) is 14.5 Å². The Hall–Kier alpha value is -1.78. The minimum Gasteiger partial charge on any atom is -0.369 e. The summed E-state index contributed by atoms with van der Waals surface area (Å²) in [6.45, 7) is 0. The molecule has 90 valence electrons. The van der Waals surface area contributed by atoms with Gasteiger partial charge < -0.3 is 5.73 Å². The number of nitrogens with zero attached hydrogens (tertiary/aromatic N) is 3. The molecule has 0 bridgehead atoms. The van der Waals surface area contributed by atoms with E-state index in [0.717, 1.165) is 0 Å². The number of imidazole rings is 1. The number of rotatable bonds is 1. The van der Waals surface area contributed by atoms with Gasteiger partial charge in [0, 0.05) is 6.20 Å². The average molecular weight is 279 g/mol. The van der Waals surface area contributed by atoms with Crippen LogP contribution >= 0.6 is 23.2 Å². The summed E-state index contributed by atoms with van der Waals surface area (Å²) in [5.74, 6) is 0.304. The van der Waals surface area contributed by atoms with Gasteiger partial charge in [0.25, 0.3) is 0 Å². The van der Waals surface area contributed by atoms with Crippen LogP contribution in [0.1, 0.15) is 0 Å². The third-order valence-corrected chi connectivity index (χ3v) is 3.21. The van der Waals surface area contributed by atoms with Crippen LogP contribution in [-0.2, 0) is 0 Å². The minimum absolute atomic E-state index is 0.304. The highest BCUT2D eigenvalue weighted by Crippen LogP contribution is 2.32. The second kappa shape index (κ2) is 4.15. The van der Waals surface area contributed by atoms with Gasteiger partial charge in [-0.1, -0.05) is 29.3 Å². The molecule has 0 amide bonds. The Morgan fingerprint density at radius 1 is 1.06 bits per heavy atom. The maximum Gasteiger partial charge on any atom is 0.207 e. The smallest absolute Gasteiger partial charge is 0.207 e. The Balaban J connectivity index is 2.42. The summed E-state index contributed by atoms with van der Waals surface area (Å²) in [6, 6.07) is 8.90. The summed E-state index contributed by atoms with van der Waals surface area (Å²) >= 11 is 12.4. The minimum atomic E-state index is 0.304. The summed E-state index contributed by atoms with van der Waals surface area (Å²) in [5, 5.41) is 0.998. The Morgan fingerprint density at radius 2 is 1.78 bits per heavy atom. The van der Waals surface area contributed by atoms with E-state index < -0.39 is 0 Å². The molecule has 0 spiro atoms. The van der Waals surface area contributed by atoms with Crippen molar-refractivity contribution in [1.29, 1.82) is 0 Å². The summed E-state index contributed by atoms with van der Waals surface area (Å²) in [6.07, 6.45) is 1.67. The number of nitrogens with two attached hydrogens (primary N) is 1. The molecule has 0 fully saturated rings. The molecule has 0 aliphatic rings. The summed E-state index contributed by atoms with van der Waals surface area (Å²) in [7, 11) is 0. The first kappa shape index (κ1) is 11.3. The molecular weight excluding hydrogens is 271 g/mol. The highest BCUT2D eigenvalue weighted by Gasteiger charge is 2.15. The molecule has 6 heteroatoms. The lowest BCUT2D eigenvalue weighted by molar-refractivity contribution is 1.08. The predicted octanol–water partition coefficient (Wildman–Crippen LogP) is 3.31. The van der Waals surface area contributed by atoms with Gasteiger partial charge in [0.1, 0.15) is 5.52 Å². The number of nitrogen functional groups attached to an aromatic ring is 1. The number of benzene rings is 1. The molecule has 2 heterocycles. The normalized spacial score (nSPS) is 11.0. The predicted molar refractivity (Wildman–Crippen MR) is 73.3 cm³/mol. The maximum absolute atomic E-state index is 6.18. The van der Waals surface area contributed by atoms with Crippen molar-refractivity contribution in [3.05, 3.63) is 46.6 Å². The van der Waals surface area contributed by atoms with E-state index in [2.05, 4.69) is 9.97 Å². The highest BCUT2D eigenvalue weighted by atomic mass is 35.5. The summed E-state index contributed by atoms with van der Waals surface area (Å²) in [5.41, 5.74) is 7.84. The van der Waals surface area contributed by atoms with Crippen LogP contribution in [0, 0.1) is 0 Å². The molecule has 18 heavy (non-hydrogen) atoms. The molecule has 0 atom stereocenters. The first-order valence-electron chi connectivity index (χ1n) is 5.22. The standard InChI is InChI=1S/C12H8Cl2N4/c13-7-3-1-4-8(14)10(7)18-11-9(17-12(18)15)5-2-6-16-11/h1-6H,(H2,15,17). The van der Waals surface area contributed by atoms with Crippen molar-refractivity contribution < 1.29 is 0 Å². The van der Waals surface area contributed by atoms with Crippen molar-refractivity contribution >= 4 is 40.3 Å². The van der Waals surface area contributed by atoms with E-state index >= 15 is 0 Å². The molecule has 0 unspecified atom stereocenters. The first-order valence-corrected chi connectivity index (χ1v) is 5.97. The van der Waals surface area contributed by atoms with Gasteiger partial charge >= 0.3 is 0 Å². The zero-order valence-corrected chi connectivity index (χ0v) is 10.7. The lowest BCUT2D eigenvalue weighted by Gasteiger charge is -2.09. The SMILES string of the molecule is Nc1nc2cccnc2n1-c1c(Cl)cccc1Cl. The third-order valence-electron chi connectivity index (χ3n) is 2.60. The van der Waals surface area contributed by atoms with E-state index in [1.807, 2.05) is 6.07 Å². The van der Waals surface area contributed by atoms with Crippen molar-refractivity contribution in [2.75, 3.05) is 5.73 Å². The monoisotopic (exact) mass is 278 g/mol. The molecule has 1 aromatic carbocycles. The van der Waals surface area contributed by atoms with Gasteiger partial charge in [-0.3, -0.25) is 4.57 Å². The fourth-order valence-electron chi connectivity index (χ4n) is 1.85. The molecule has 0 saturated heterocycles. The van der Waals surface area contributed by atoms with Gasteiger partial charge in [0.15, 0.2) is 5.65 Å². The Labute approximate surface area is 113 Å². The van der Waals surface area contributed by atoms with Crippen molar-refractivity contribution in [3.8, 4) is 5.69 Å². The summed E-state index contributed by atoms with van der Waals surface area (Å²) in [4.78, 5) is 8.50. The van der Waals surface area contributed by atoms with Crippen LogP contribution in [0.25, 0.3) is 16.9 Å². The Kier molecular flexibility index (Phi) is 2.61.